The van der Waals surface area contributed by atoms with Gasteiger partial charge in [0.15, 0.2) is 0 Å². The molecule has 1 heterocycles. The maximum atomic E-state index is 12.1. The van der Waals surface area contributed by atoms with Crippen molar-refractivity contribution in [2.75, 3.05) is 23.1 Å². The van der Waals surface area contributed by atoms with E-state index in [0.29, 0.717) is 17.1 Å². The molecule has 3 rings (SSSR count). The fourth-order valence-electron chi connectivity index (χ4n) is 2.20. The number of para-hydroxylation sites is 2. The summed E-state index contributed by atoms with van der Waals surface area (Å²) in [6, 6.07) is 14.3. The number of hydrogen-bond acceptors (Lipinski definition) is 4. The zero-order chi connectivity index (χ0) is 16.2. The number of ether oxygens (including phenoxy) is 1. The van der Waals surface area contributed by atoms with Crippen LogP contribution in [0.3, 0.4) is 0 Å². The van der Waals surface area contributed by atoms with E-state index in [1.165, 1.54) is 6.08 Å². The molecule has 2 amide bonds. The number of methoxy groups -OCH3 is 1. The largest absolute Gasteiger partial charge is 0.497 e. The molecule has 0 atom stereocenters. The van der Waals surface area contributed by atoms with E-state index in [9.17, 15) is 9.59 Å². The van der Waals surface area contributed by atoms with Crippen molar-refractivity contribution in [2.24, 2.45) is 0 Å². The molecule has 1 aliphatic rings. The Kier molecular flexibility index (Phi) is 3.97. The summed E-state index contributed by atoms with van der Waals surface area (Å²) in [6.07, 6.45) is 1.23. The van der Waals surface area contributed by atoms with Crippen LogP contribution in [0.2, 0.25) is 0 Å². The summed E-state index contributed by atoms with van der Waals surface area (Å²) in [6.45, 7) is 0. The van der Waals surface area contributed by atoms with Crippen LogP contribution in [0.25, 0.3) is 0 Å². The summed E-state index contributed by atoms with van der Waals surface area (Å²) in [5, 5.41) is 8.37. The number of amides is 2. The molecule has 0 spiro atoms. The highest BCUT2D eigenvalue weighted by atomic mass is 16.5. The zero-order valence-corrected chi connectivity index (χ0v) is 12.4. The van der Waals surface area contributed by atoms with Crippen molar-refractivity contribution in [3.05, 3.63) is 60.3 Å². The Bertz CT molecular complexity index is 799. The first-order valence-electron chi connectivity index (χ1n) is 7.00. The summed E-state index contributed by atoms with van der Waals surface area (Å²) in [5.74, 6) is -0.127. The van der Waals surface area contributed by atoms with Gasteiger partial charge in [0.1, 0.15) is 11.4 Å². The van der Waals surface area contributed by atoms with Crippen molar-refractivity contribution in [2.45, 2.75) is 0 Å². The highest BCUT2D eigenvalue weighted by Crippen LogP contribution is 2.27. The number of carbonyl (C=O) groups is 2. The van der Waals surface area contributed by atoms with E-state index in [1.807, 2.05) is 18.2 Å². The minimum absolute atomic E-state index is 0.184. The van der Waals surface area contributed by atoms with E-state index < -0.39 is 5.91 Å². The second kappa shape index (κ2) is 6.23. The summed E-state index contributed by atoms with van der Waals surface area (Å²) in [4.78, 5) is 24.1. The molecule has 116 valence electrons. The number of carbonyl (C=O) groups excluding carboxylic acids is 2. The van der Waals surface area contributed by atoms with Crippen LogP contribution in [0.1, 0.15) is 0 Å². The molecule has 0 saturated carbocycles. The van der Waals surface area contributed by atoms with Gasteiger partial charge in [-0.3, -0.25) is 9.59 Å². The molecule has 0 bridgehead atoms. The third-order valence-electron chi connectivity index (χ3n) is 3.30. The van der Waals surface area contributed by atoms with Crippen LogP contribution in [0.15, 0.2) is 60.3 Å². The van der Waals surface area contributed by atoms with E-state index in [4.69, 9.17) is 4.74 Å². The summed E-state index contributed by atoms with van der Waals surface area (Å²) in [7, 11) is 1.55. The second-order valence-electron chi connectivity index (χ2n) is 4.90. The van der Waals surface area contributed by atoms with Gasteiger partial charge >= 0.3 is 0 Å². The Morgan fingerprint density at radius 1 is 1.09 bits per heavy atom. The van der Waals surface area contributed by atoms with Crippen LogP contribution in [0.4, 0.5) is 17.1 Å². The Hall–Kier alpha value is -3.28. The number of fused-ring (bicyclic) bond motifs is 1. The number of anilines is 3. The lowest BCUT2D eigenvalue weighted by molar-refractivity contribution is -0.114. The molecule has 0 aromatic heterocycles. The molecule has 1 aliphatic heterocycles. The summed E-state index contributed by atoms with van der Waals surface area (Å²) >= 11 is 0. The molecule has 0 aliphatic carbocycles. The maximum Gasteiger partial charge on any atom is 0.272 e. The van der Waals surface area contributed by atoms with Gasteiger partial charge in [-0.25, -0.2) is 0 Å². The van der Waals surface area contributed by atoms with Crippen LogP contribution in [0, 0.1) is 0 Å². The molecule has 2 aromatic carbocycles. The van der Waals surface area contributed by atoms with Gasteiger partial charge in [0.25, 0.3) is 11.8 Å². The molecule has 6 nitrogen and oxygen atoms in total. The highest BCUT2D eigenvalue weighted by molar-refractivity contribution is 6.15. The van der Waals surface area contributed by atoms with Crippen LogP contribution in [0.5, 0.6) is 5.75 Å². The first kappa shape index (κ1) is 14.6. The Morgan fingerprint density at radius 3 is 2.57 bits per heavy atom. The number of nitrogens with one attached hydrogen (secondary N) is 3. The van der Waals surface area contributed by atoms with E-state index in [2.05, 4.69) is 16.0 Å². The van der Waals surface area contributed by atoms with Gasteiger partial charge < -0.3 is 20.7 Å². The van der Waals surface area contributed by atoms with Crippen molar-refractivity contribution in [3.63, 3.8) is 0 Å². The predicted octanol–water partition coefficient (Wildman–Crippen LogP) is 2.58. The molecular weight excluding hydrogens is 294 g/mol. The van der Waals surface area contributed by atoms with E-state index in [1.54, 1.807) is 37.4 Å². The van der Waals surface area contributed by atoms with Gasteiger partial charge in [-0.2, -0.15) is 0 Å². The average Bonchev–Trinajstić information content (AvgIpc) is 2.55. The summed E-state index contributed by atoms with van der Waals surface area (Å²) < 4.78 is 5.10. The minimum atomic E-state index is -0.407. The first-order valence-corrected chi connectivity index (χ1v) is 7.00. The predicted molar refractivity (Wildman–Crippen MR) is 88.4 cm³/mol. The van der Waals surface area contributed by atoms with Gasteiger partial charge in [-0.1, -0.05) is 18.2 Å². The molecule has 0 unspecified atom stereocenters. The quantitative estimate of drug-likeness (QED) is 0.761. The smallest absolute Gasteiger partial charge is 0.272 e. The van der Waals surface area contributed by atoms with Gasteiger partial charge in [0, 0.05) is 17.8 Å². The van der Waals surface area contributed by atoms with Crippen molar-refractivity contribution in [3.8, 4) is 5.75 Å². The molecule has 3 N–H and O–H groups in total. The first-order chi connectivity index (χ1) is 11.2. The highest BCUT2D eigenvalue weighted by Gasteiger charge is 2.19. The van der Waals surface area contributed by atoms with Crippen molar-refractivity contribution in [1.29, 1.82) is 0 Å². The molecule has 23 heavy (non-hydrogen) atoms. The Morgan fingerprint density at radius 2 is 1.83 bits per heavy atom. The standard InChI is InChI=1S/C17H15N3O3/c1-23-12-6-4-5-11(9-12)18-16(21)10-15-17(22)20-14-8-3-2-7-13(14)19-15/h2-10,19H,1H3,(H,18,21)(H,20,22)/b15-10-. The maximum absolute atomic E-state index is 12.1. The van der Waals surface area contributed by atoms with Crippen molar-refractivity contribution >= 4 is 28.9 Å². The van der Waals surface area contributed by atoms with Crippen LogP contribution in [-0.4, -0.2) is 18.9 Å². The lowest BCUT2D eigenvalue weighted by Gasteiger charge is -2.20. The number of benzene rings is 2. The topological polar surface area (TPSA) is 79.5 Å². The average molecular weight is 309 g/mol. The zero-order valence-electron chi connectivity index (χ0n) is 12.4. The Balaban J connectivity index is 1.76. The molecule has 0 saturated heterocycles. The second-order valence-corrected chi connectivity index (χ2v) is 4.90. The van der Waals surface area contributed by atoms with Gasteiger partial charge in [-0.15, -0.1) is 0 Å². The fraction of sp³-hybridized carbons (Fsp3) is 0.0588. The Labute approximate surface area is 133 Å². The monoisotopic (exact) mass is 309 g/mol. The van der Waals surface area contributed by atoms with Crippen molar-refractivity contribution in [1.82, 2.24) is 0 Å². The van der Waals surface area contributed by atoms with Crippen molar-refractivity contribution < 1.29 is 14.3 Å². The molecule has 0 fully saturated rings. The van der Waals surface area contributed by atoms with Crippen LogP contribution < -0.4 is 20.7 Å². The third-order valence-corrected chi connectivity index (χ3v) is 3.30. The fourth-order valence-corrected chi connectivity index (χ4v) is 2.20. The molecule has 6 heteroatoms. The van der Waals surface area contributed by atoms with E-state index in [0.717, 1.165) is 5.69 Å². The minimum Gasteiger partial charge on any atom is -0.497 e. The van der Waals surface area contributed by atoms with Gasteiger partial charge in [0.05, 0.1) is 18.5 Å². The van der Waals surface area contributed by atoms with Gasteiger partial charge in [-0.05, 0) is 24.3 Å². The molecular formula is C17H15N3O3. The van der Waals surface area contributed by atoms with E-state index >= 15 is 0 Å². The normalized spacial score (nSPS) is 14.5. The SMILES string of the molecule is COc1cccc(NC(=O)/C=C2\Nc3ccccc3NC2=O)c1. The van der Waals surface area contributed by atoms with Crippen LogP contribution >= 0.6 is 0 Å². The molecule has 0 radical (unpaired) electrons. The van der Waals surface area contributed by atoms with Crippen LogP contribution in [-0.2, 0) is 9.59 Å². The number of hydrogen-bond donors (Lipinski definition) is 3. The van der Waals surface area contributed by atoms with Gasteiger partial charge in [0.2, 0.25) is 0 Å². The molecule has 2 aromatic rings. The lowest BCUT2D eigenvalue weighted by atomic mass is 10.2. The number of rotatable bonds is 3. The summed E-state index contributed by atoms with van der Waals surface area (Å²) in [5.41, 5.74) is 2.20. The van der Waals surface area contributed by atoms with E-state index in [-0.39, 0.29) is 11.6 Å². The third kappa shape index (κ3) is 3.32. The lowest BCUT2D eigenvalue weighted by Crippen LogP contribution is -2.27.